The van der Waals surface area contributed by atoms with Gasteiger partial charge in [0, 0.05) is 12.5 Å². The van der Waals surface area contributed by atoms with Crippen molar-refractivity contribution in [3.63, 3.8) is 0 Å². The fraction of sp³-hybridized carbons (Fsp3) is 0.444. The summed E-state index contributed by atoms with van der Waals surface area (Å²) in [6, 6.07) is 12.6. The minimum absolute atomic E-state index is 0.195. The first-order chi connectivity index (χ1) is 10.2. The van der Waals surface area contributed by atoms with Gasteiger partial charge in [-0.3, -0.25) is 0 Å². The Morgan fingerprint density at radius 2 is 2.05 bits per heavy atom. The van der Waals surface area contributed by atoms with Crippen LogP contribution in [0.15, 0.2) is 47.1 Å². The number of benzene rings is 1. The molecule has 114 valence electrons. The van der Waals surface area contributed by atoms with E-state index in [9.17, 15) is 0 Å². The largest absolute Gasteiger partial charge is 0.491 e. The molecule has 1 aromatic heterocycles. The Bertz CT molecular complexity index is 520. The van der Waals surface area contributed by atoms with Crippen LogP contribution in [0.25, 0.3) is 0 Å². The molecule has 1 aromatic carbocycles. The summed E-state index contributed by atoms with van der Waals surface area (Å²) in [5.41, 5.74) is 1.27. The highest BCUT2D eigenvalue weighted by molar-refractivity contribution is 5.31. The summed E-state index contributed by atoms with van der Waals surface area (Å²) in [4.78, 5) is 0. The highest BCUT2D eigenvalue weighted by atomic mass is 16.5. The van der Waals surface area contributed by atoms with E-state index >= 15 is 0 Å². The molecule has 21 heavy (non-hydrogen) atoms. The third-order valence-corrected chi connectivity index (χ3v) is 3.34. The van der Waals surface area contributed by atoms with Crippen molar-refractivity contribution in [2.24, 2.45) is 0 Å². The summed E-state index contributed by atoms with van der Waals surface area (Å²) in [6.45, 7) is 7.17. The number of nitrogens with one attached hydrogen (secondary N) is 1. The molecule has 0 radical (unpaired) electrons. The van der Waals surface area contributed by atoms with Crippen LogP contribution in [0.5, 0.6) is 5.75 Å². The summed E-state index contributed by atoms with van der Waals surface area (Å²) in [6.07, 6.45) is 3.86. The van der Waals surface area contributed by atoms with Gasteiger partial charge in [0.05, 0.1) is 12.4 Å². The molecule has 1 unspecified atom stereocenters. The highest BCUT2D eigenvalue weighted by Crippen LogP contribution is 2.24. The minimum Gasteiger partial charge on any atom is -0.491 e. The van der Waals surface area contributed by atoms with Crippen LogP contribution in [0.1, 0.15) is 44.6 Å². The van der Waals surface area contributed by atoms with E-state index in [1.54, 1.807) is 6.26 Å². The summed E-state index contributed by atoms with van der Waals surface area (Å²) >= 11 is 0. The molecule has 0 aliphatic rings. The topological polar surface area (TPSA) is 34.4 Å². The van der Waals surface area contributed by atoms with Gasteiger partial charge in [-0.1, -0.05) is 19.1 Å². The zero-order chi connectivity index (χ0) is 15.1. The molecular weight excluding hydrogens is 262 g/mol. The number of hydrogen-bond acceptors (Lipinski definition) is 3. The quantitative estimate of drug-likeness (QED) is 0.783. The second kappa shape index (κ2) is 7.89. The monoisotopic (exact) mass is 287 g/mol. The van der Waals surface area contributed by atoms with E-state index in [2.05, 4.69) is 30.4 Å². The summed E-state index contributed by atoms with van der Waals surface area (Å²) in [5.74, 6) is 1.97. The first kappa shape index (κ1) is 15.6. The van der Waals surface area contributed by atoms with Crippen LogP contribution >= 0.6 is 0 Å². The SMILES string of the molecule is CCNC(CCc1ccco1)c1cccc(OC(C)C)c1. The van der Waals surface area contributed by atoms with Gasteiger partial charge in [-0.05, 0) is 56.6 Å². The Morgan fingerprint density at radius 1 is 1.19 bits per heavy atom. The first-order valence-electron chi connectivity index (χ1n) is 7.71. The van der Waals surface area contributed by atoms with E-state index < -0.39 is 0 Å². The molecule has 2 aromatic rings. The second-order valence-electron chi connectivity index (χ2n) is 5.47. The van der Waals surface area contributed by atoms with Crippen molar-refractivity contribution in [2.45, 2.75) is 45.8 Å². The van der Waals surface area contributed by atoms with Crippen molar-refractivity contribution in [1.82, 2.24) is 5.32 Å². The molecule has 0 aliphatic carbocycles. The van der Waals surface area contributed by atoms with Gasteiger partial charge >= 0.3 is 0 Å². The molecule has 0 saturated carbocycles. The van der Waals surface area contributed by atoms with E-state index in [0.717, 1.165) is 30.9 Å². The molecule has 1 N–H and O–H groups in total. The fourth-order valence-corrected chi connectivity index (χ4v) is 2.45. The molecule has 2 rings (SSSR count). The van der Waals surface area contributed by atoms with Gasteiger partial charge in [0.15, 0.2) is 0 Å². The predicted octanol–water partition coefficient (Wildman–Crippen LogP) is 4.35. The van der Waals surface area contributed by atoms with Crippen LogP contribution in [0, 0.1) is 0 Å². The molecule has 0 amide bonds. The molecule has 0 saturated heterocycles. The fourth-order valence-electron chi connectivity index (χ4n) is 2.45. The Kier molecular flexibility index (Phi) is 5.88. The molecule has 3 nitrogen and oxygen atoms in total. The lowest BCUT2D eigenvalue weighted by molar-refractivity contribution is 0.242. The zero-order valence-corrected chi connectivity index (χ0v) is 13.1. The van der Waals surface area contributed by atoms with Crippen LogP contribution in [0.4, 0.5) is 0 Å². The molecule has 1 atom stereocenters. The van der Waals surface area contributed by atoms with Crippen LogP contribution in [-0.2, 0) is 6.42 Å². The molecule has 0 spiro atoms. The maximum atomic E-state index is 5.79. The van der Waals surface area contributed by atoms with Crippen LogP contribution < -0.4 is 10.1 Å². The van der Waals surface area contributed by atoms with Gasteiger partial charge in [0.2, 0.25) is 0 Å². The van der Waals surface area contributed by atoms with Gasteiger partial charge in [0.25, 0.3) is 0 Å². The average molecular weight is 287 g/mol. The summed E-state index contributed by atoms with van der Waals surface area (Å²) in [5, 5.41) is 3.54. The Labute approximate surface area is 127 Å². The molecule has 0 bridgehead atoms. The van der Waals surface area contributed by atoms with Gasteiger partial charge in [-0.25, -0.2) is 0 Å². The van der Waals surface area contributed by atoms with Gasteiger partial charge in [0.1, 0.15) is 11.5 Å². The Balaban J connectivity index is 2.05. The van der Waals surface area contributed by atoms with E-state index in [0.29, 0.717) is 6.04 Å². The van der Waals surface area contributed by atoms with Crippen molar-refractivity contribution < 1.29 is 9.15 Å². The second-order valence-corrected chi connectivity index (χ2v) is 5.47. The van der Waals surface area contributed by atoms with Crippen molar-refractivity contribution in [2.75, 3.05) is 6.54 Å². The smallest absolute Gasteiger partial charge is 0.120 e. The lowest BCUT2D eigenvalue weighted by Gasteiger charge is -2.19. The van der Waals surface area contributed by atoms with Crippen LogP contribution in [0.3, 0.4) is 0 Å². The molecule has 0 fully saturated rings. The van der Waals surface area contributed by atoms with Gasteiger partial charge < -0.3 is 14.5 Å². The van der Waals surface area contributed by atoms with E-state index in [-0.39, 0.29) is 6.10 Å². The van der Waals surface area contributed by atoms with Crippen molar-refractivity contribution in [3.05, 3.63) is 54.0 Å². The lowest BCUT2D eigenvalue weighted by atomic mass is 10.0. The molecular formula is C18H25NO2. The third kappa shape index (κ3) is 4.94. The van der Waals surface area contributed by atoms with Crippen molar-refractivity contribution in [3.8, 4) is 5.75 Å². The predicted molar refractivity (Wildman–Crippen MR) is 85.7 cm³/mol. The summed E-state index contributed by atoms with van der Waals surface area (Å²) < 4.78 is 11.2. The normalized spacial score (nSPS) is 12.6. The Morgan fingerprint density at radius 3 is 2.71 bits per heavy atom. The number of ether oxygens (including phenoxy) is 1. The third-order valence-electron chi connectivity index (χ3n) is 3.34. The van der Waals surface area contributed by atoms with Crippen molar-refractivity contribution in [1.29, 1.82) is 0 Å². The maximum absolute atomic E-state index is 5.79. The molecule has 1 heterocycles. The molecule has 3 heteroatoms. The van der Waals surface area contributed by atoms with Gasteiger partial charge in [-0.2, -0.15) is 0 Å². The lowest BCUT2D eigenvalue weighted by Crippen LogP contribution is -2.21. The minimum atomic E-state index is 0.195. The van der Waals surface area contributed by atoms with Crippen molar-refractivity contribution >= 4 is 0 Å². The maximum Gasteiger partial charge on any atom is 0.120 e. The van der Waals surface area contributed by atoms with E-state index in [4.69, 9.17) is 9.15 Å². The van der Waals surface area contributed by atoms with Gasteiger partial charge in [-0.15, -0.1) is 0 Å². The highest BCUT2D eigenvalue weighted by Gasteiger charge is 2.12. The Hall–Kier alpha value is -1.74. The van der Waals surface area contributed by atoms with E-state index in [1.807, 2.05) is 32.0 Å². The number of rotatable bonds is 8. The number of hydrogen-bond donors (Lipinski definition) is 1. The average Bonchev–Trinajstić information content (AvgIpc) is 2.96. The van der Waals surface area contributed by atoms with Crippen LogP contribution in [0.2, 0.25) is 0 Å². The first-order valence-corrected chi connectivity index (χ1v) is 7.71. The zero-order valence-electron chi connectivity index (χ0n) is 13.1. The van der Waals surface area contributed by atoms with E-state index in [1.165, 1.54) is 5.56 Å². The molecule has 0 aliphatic heterocycles. The van der Waals surface area contributed by atoms with Crippen LogP contribution in [-0.4, -0.2) is 12.6 Å². The summed E-state index contributed by atoms with van der Waals surface area (Å²) in [7, 11) is 0. The number of aryl methyl sites for hydroxylation is 1. The number of furan rings is 1. The standard InChI is InChI=1S/C18H25NO2/c1-4-19-18(11-10-16-9-6-12-20-16)15-7-5-8-17(13-15)21-14(2)3/h5-9,12-14,18-19H,4,10-11H2,1-3H3.